The van der Waals surface area contributed by atoms with Gasteiger partial charge in [0, 0.05) is 24.6 Å². The maximum Gasteiger partial charge on any atom is 0.294 e. The first kappa shape index (κ1) is 22.1. The lowest BCUT2D eigenvalue weighted by Crippen LogP contribution is -2.21. The van der Waals surface area contributed by atoms with Crippen molar-refractivity contribution in [1.82, 2.24) is 0 Å². The molecule has 0 unspecified atom stereocenters. The Kier molecular flexibility index (Phi) is 5.86. The Morgan fingerprint density at radius 3 is 2.50 bits per heavy atom. The highest BCUT2D eigenvalue weighted by Crippen LogP contribution is 2.34. The van der Waals surface area contributed by atoms with Crippen LogP contribution in [0, 0.1) is 10.1 Å². The molecule has 32 heavy (non-hydrogen) atoms. The average molecular weight is 484 g/mol. The van der Waals surface area contributed by atoms with E-state index >= 15 is 0 Å². The molecule has 4 rings (SSSR count). The summed E-state index contributed by atoms with van der Waals surface area (Å²) >= 11 is 0. The molecule has 0 aliphatic carbocycles. The molecule has 0 bridgehead atoms. The molecule has 0 spiro atoms. The van der Waals surface area contributed by atoms with Crippen LogP contribution >= 0.6 is 0 Å². The number of rotatable bonds is 6. The zero-order chi connectivity index (χ0) is 22.9. The van der Waals surface area contributed by atoms with E-state index in [0.29, 0.717) is 37.6 Å². The lowest BCUT2D eigenvalue weighted by Gasteiger charge is -2.14. The number of nitrogens with one attached hydrogen (secondary N) is 2. The van der Waals surface area contributed by atoms with E-state index in [2.05, 4.69) is 10.0 Å². The molecule has 13 heteroatoms. The zero-order valence-electron chi connectivity index (χ0n) is 16.8. The molecule has 2 aromatic rings. The van der Waals surface area contributed by atoms with E-state index in [0.717, 1.165) is 6.07 Å². The van der Waals surface area contributed by atoms with E-state index in [1.165, 1.54) is 30.3 Å². The van der Waals surface area contributed by atoms with Crippen molar-refractivity contribution >= 4 is 36.9 Å². The quantitative estimate of drug-likeness (QED) is 0.464. The summed E-state index contributed by atoms with van der Waals surface area (Å²) < 4.78 is 62.3. The lowest BCUT2D eigenvalue weighted by atomic mass is 10.2. The fourth-order valence-corrected chi connectivity index (χ4v) is 6.26. The molecule has 2 N–H and O–H groups in total. The summed E-state index contributed by atoms with van der Waals surface area (Å²) in [5.74, 6) is 0.665. The second kappa shape index (κ2) is 8.47. The molecular weight excluding hydrogens is 462 g/mol. The number of hydrogen-bond acceptors (Lipinski definition) is 9. The minimum absolute atomic E-state index is 0.00611. The third-order valence-corrected chi connectivity index (χ3v) is 8.21. The van der Waals surface area contributed by atoms with Crippen LogP contribution in [0.3, 0.4) is 0 Å². The van der Waals surface area contributed by atoms with Crippen LogP contribution in [-0.4, -0.2) is 52.5 Å². The lowest BCUT2D eigenvalue weighted by molar-refractivity contribution is -0.383. The van der Waals surface area contributed by atoms with Crippen molar-refractivity contribution in [2.75, 3.05) is 34.8 Å². The Morgan fingerprint density at radius 1 is 1.06 bits per heavy atom. The van der Waals surface area contributed by atoms with Crippen LogP contribution < -0.4 is 19.5 Å². The molecule has 1 atom stereocenters. The summed E-state index contributed by atoms with van der Waals surface area (Å²) in [5.41, 5.74) is -0.253. The van der Waals surface area contributed by atoms with E-state index in [1.807, 2.05) is 0 Å². The summed E-state index contributed by atoms with van der Waals surface area (Å²) in [6.07, 6.45) is 1.02. The summed E-state index contributed by atoms with van der Waals surface area (Å²) in [5, 5.41) is 14.4. The molecule has 11 nitrogen and oxygen atoms in total. The minimum atomic E-state index is -4.06. The molecular formula is C19H21N3O8S2. The summed E-state index contributed by atoms with van der Waals surface area (Å²) in [4.78, 5) is 10.8. The number of nitro benzene ring substituents is 1. The molecule has 172 valence electrons. The van der Waals surface area contributed by atoms with Gasteiger partial charge in [-0.3, -0.25) is 14.8 Å². The van der Waals surface area contributed by atoms with Crippen molar-refractivity contribution in [3.8, 4) is 11.5 Å². The van der Waals surface area contributed by atoms with Gasteiger partial charge in [-0.25, -0.2) is 16.8 Å². The number of hydrogen-bond donors (Lipinski definition) is 2. The number of nitro groups is 1. The van der Waals surface area contributed by atoms with Crippen molar-refractivity contribution in [3.63, 3.8) is 0 Å². The predicted octanol–water partition coefficient (Wildman–Crippen LogP) is 2.16. The topological polar surface area (TPSA) is 154 Å². The smallest absolute Gasteiger partial charge is 0.294 e. The second-order valence-electron chi connectivity index (χ2n) is 7.50. The molecule has 1 fully saturated rings. The van der Waals surface area contributed by atoms with Crippen molar-refractivity contribution in [1.29, 1.82) is 0 Å². The van der Waals surface area contributed by atoms with E-state index in [1.54, 1.807) is 0 Å². The Balaban J connectivity index is 1.56. The number of anilines is 2. The number of benzene rings is 2. The van der Waals surface area contributed by atoms with Crippen LogP contribution in [-0.2, 0) is 19.9 Å². The molecule has 0 amide bonds. The van der Waals surface area contributed by atoms with Crippen LogP contribution in [0.1, 0.15) is 12.8 Å². The molecule has 0 aromatic heterocycles. The zero-order valence-corrected chi connectivity index (χ0v) is 18.4. The van der Waals surface area contributed by atoms with Gasteiger partial charge in [0.1, 0.15) is 5.69 Å². The van der Waals surface area contributed by atoms with Crippen LogP contribution in [0.25, 0.3) is 0 Å². The number of nitrogens with zero attached hydrogens (tertiary/aromatic N) is 1. The fourth-order valence-electron chi connectivity index (χ4n) is 3.52. The van der Waals surface area contributed by atoms with Crippen molar-refractivity contribution in [2.45, 2.75) is 23.8 Å². The summed E-state index contributed by atoms with van der Waals surface area (Å²) in [6, 6.07) is 7.58. The fraction of sp³-hybridized carbons (Fsp3) is 0.368. The van der Waals surface area contributed by atoms with E-state index < -0.39 is 30.8 Å². The van der Waals surface area contributed by atoms with Gasteiger partial charge in [0.05, 0.1) is 40.2 Å². The molecule has 1 saturated heterocycles. The third kappa shape index (κ3) is 4.88. The Morgan fingerprint density at radius 2 is 1.81 bits per heavy atom. The Hall–Kier alpha value is -3.06. The van der Waals surface area contributed by atoms with E-state index in [-0.39, 0.29) is 33.5 Å². The number of sulfone groups is 1. The van der Waals surface area contributed by atoms with Crippen LogP contribution in [0.2, 0.25) is 0 Å². The highest BCUT2D eigenvalue weighted by molar-refractivity contribution is 7.92. The van der Waals surface area contributed by atoms with Gasteiger partial charge in [-0.15, -0.1) is 0 Å². The van der Waals surface area contributed by atoms with Crippen LogP contribution in [0.4, 0.5) is 17.1 Å². The van der Waals surface area contributed by atoms with E-state index in [9.17, 15) is 26.9 Å². The molecule has 0 saturated carbocycles. The minimum Gasteiger partial charge on any atom is -0.490 e. The molecule has 2 heterocycles. The number of sulfonamides is 1. The van der Waals surface area contributed by atoms with Gasteiger partial charge in [-0.2, -0.15) is 0 Å². The van der Waals surface area contributed by atoms with Gasteiger partial charge in [0.15, 0.2) is 21.3 Å². The van der Waals surface area contributed by atoms with Gasteiger partial charge in [-0.1, -0.05) is 0 Å². The maximum atomic E-state index is 12.8. The van der Waals surface area contributed by atoms with Crippen molar-refractivity contribution in [3.05, 3.63) is 46.5 Å². The SMILES string of the molecule is O=[N+]([O-])c1cc(NS(=O)(=O)c2ccc3c(c2)OCCCO3)ccc1N[C@H]1CCS(=O)(=O)C1. The Bertz CT molecular complexity index is 1260. The molecule has 2 aliphatic heterocycles. The second-order valence-corrected chi connectivity index (χ2v) is 11.4. The standard InChI is InChI=1S/C19H21N3O8S2/c23-22(24)17-10-13(2-4-16(17)20-14-6-9-31(25,26)12-14)21-32(27,28)15-3-5-18-19(11-15)30-8-1-7-29-18/h2-5,10-11,14,20-21H,1,6-9,12H2/t14-/m0/s1. The first-order valence-corrected chi connectivity index (χ1v) is 13.1. The van der Waals surface area contributed by atoms with Gasteiger partial charge in [-0.05, 0) is 30.7 Å². The number of ether oxygens (including phenoxy) is 2. The average Bonchev–Trinajstić information content (AvgIpc) is 2.92. The highest BCUT2D eigenvalue weighted by Gasteiger charge is 2.29. The number of fused-ring (bicyclic) bond motifs is 1. The third-order valence-electron chi connectivity index (χ3n) is 5.07. The van der Waals surface area contributed by atoms with Crippen molar-refractivity contribution < 1.29 is 31.2 Å². The van der Waals surface area contributed by atoms with Crippen LogP contribution in [0.15, 0.2) is 41.3 Å². The highest BCUT2D eigenvalue weighted by atomic mass is 32.2. The normalized spacial score (nSPS) is 19.7. The maximum absolute atomic E-state index is 12.8. The molecule has 2 aliphatic rings. The van der Waals surface area contributed by atoms with E-state index in [4.69, 9.17) is 9.47 Å². The largest absolute Gasteiger partial charge is 0.490 e. The van der Waals surface area contributed by atoms with Gasteiger partial charge < -0.3 is 14.8 Å². The summed E-state index contributed by atoms with van der Waals surface area (Å²) in [6.45, 7) is 0.862. The molecule has 0 radical (unpaired) electrons. The van der Waals surface area contributed by atoms with Gasteiger partial charge >= 0.3 is 0 Å². The van der Waals surface area contributed by atoms with Crippen molar-refractivity contribution in [2.24, 2.45) is 0 Å². The molecule has 2 aromatic carbocycles. The Labute approximate surface area is 184 Å². The predicted molar refractivity (Wildman–Crippen MR) is 117 cm³/mol. The first-order valence-electron chi connectivity index (χ1n) is 9.81. The van der Waals surface area contributed by atoms with Crippen LogP contribution in [0.5, 0.6) is 11.5 Å². The summed E-state index contributed by atoms with van der Waals surface area (Å²) in [7, 11) is -7.22. The monoisotopic (exact) mass is 483 g/mol. The first-order chi connectivity index (χ1) is 15.1. The van der Waals surface area contributed by atoms with Gasteiger partial charge in [0.2, 0.25) is 0 Å². The van der Waals surface area contributed by atoms with Gasteiger partial charge in [0.25, 0.3) is 15.7 Å².